The molecule has 1 aliphatic heterocycles. The van der Waals surface area contributed by atoms with Crippen molar-refractivity contribution in [1.82, 2.24) is 10.2 Å². The van der Waals surface area contributed by atoms with Crippen molar-refractivity contribution in [3.8, 4) is 0 Å². The molecule has 1 fully saturated rings. The lowest BCUT2D eigenvalue weighted by molar-refractivity contribution is 0.156. The fourth-order valence-corrected chi connectivity index (χ4v) is 1.86. The molecule has 0 aliphatic carbocycles. The van der Waals surface area contributed by atoms with E-state index in [1.807, 2.05) is 4.90 Å². The maximum absolute atomic E-state index is 11.7. The number of amides is 2. The van der Waals surface area contributed by atoms with Crippen molar-refractivity contribution < 1.29 is 4.79 Å². The van der Waals surface area contributed by atoms with Gasteiger partial charge >= 0.3 is 6.03 Å². The molecule has 1 saturated heterocycles. The van der Waals surface area contributed by atoms with E-state index in [4.69, 9.17) is 0 Å². The van der Waals surface area contributed by atoms with Crippen LogP contribution in [0.3, 0.4) is 0 Å². The fraction of sp³-hybridized carbons (Fsp3) is 0.909. The summed E-state index contributed by atoms with van der Waals surface area (Å²) in [6.07, 6.45) is 1.15. The molecule has 0 aromatic carbocycles. The average Bonchev–Trinajstić information content (AvgIpc) is 1.95. The quantitative estimate of drug-likeness (QED) is 0.740. The summed E-state index contributed by atoms with van der Waals surface area (Å²) in [5.41, 5.74) is 0. The Kier molecular flexibility index (Phi) is 3.78. The highest BCUT2D eigenvalue weighted by Gasteiger charge is 2.25. The monoisotopic (exact) mass is 198 g/mol. The van der Waals surface area contributed by atoms with E-state index in [-0.39, 0.29) is 6.03 Å². The van der Waals surface area contributed by atoms with Crippen LogP contribution >= 0.6 is 0 Å². The van der Waals surface area contributed by atoms with Gasteiger partial charge in [-0.05, 0) is 18.3 Å². The predicted molar refractivity (Wildman–Crippen MR) is 58.2 cm³/mol. The number of carbonyl (C=O) groups excluding carboxylic acids is 1. The smallest absolute Gasteiger partial charge is 0.317 e. The first kappa shape index (κ1) is 11.3. The Labute approximate surface area is 86.9 Å². The molecular formula is C11H22N2O. The van der Waals surface area contributed by atoms with E-state index < -0.39 is 0 Å². The summed E-state index contributed by atoms with van der Waals surface area (Å²) in [6, 6.07) is 0.409. The fourth-order valence-electron chi connectivity index (χ4n) is 1.86. The topological polar surface area (TPSA) is 32.3 Å². The number of likely N-dealkylation sites (tertiary alicyclic amines) is 1. The van der Waals surface area contributed by atoms with Gasteiger partial charge in [-0.3, -0.25) is 0 Å². The van der Waals surface area contributed by atoms with E-state index in [0.29, 0.717) is 17.9 Å². The summed E-state index contributed by atoms with van der Waals surface area (Å²) in [5.74, 6) is 1.00. The van der Waals surface area contributed by atoms with E-state index >= 15 is 0 Å². The first-order chi connectivity index (χ1) is 6.52. The minimum absolute atomic E-state index is 0.114. The van der Waals surface area contributed by atoms with Crippen LogP contribution in [-0.4, -0.2) is 30.1 Å². The Hall–Kier alpha value is -0.730. The molecule has 3 nitrogen and oxygen atoms in total. The largest absolute Gasteiger partial charge is 0.335 e. The molecule has 0 aromatic heterocycles. The SMILES string of the molecule is CC(C)C(NC(=O)N1CCC1)C(C)C. The predicted octanol–water partition coefficient (Wildman–Crippen LogP) is 2.08. The summed E-state index contributed by atoms with van der Waals surface area (Å²) in [7, 11) is 0. The second kappa shape index (κ2) is 4.67. The third-order valence-corrected chi connectivity index (χ3v) is 2.87. The summed E-state index contributed by atoms with van der Waals surface area (Å²) in [4.78, 5) is 13.5. The highest BCUT2D eigenvalue weighted by molar-refractivity contribution is 5.75. The van der Waals surface area contributed by atoms with Crippen molar-refractivity contribution >= 4 is 6.03 Å². The number of rotatable bonds is 3. The zero-order valence-corrected chi connectivity index (χ0v) is 9.71. The van der Waals surface area contributed by atoms with E-state index in [9.17, 15) is 4.79 Å². The second-order valence-corrected chi connectivity index (χ2v) is 4.80. The van der Waals surface area contributed by atoms with Gasteiger partial charge < -0.3 is 10.2 Å². The molecule has 0 unspecified atom stereocenters. The lowest BCUT2D eigenvalue weighted by Gasteiger charge is -2.34. The van der Waals surface area contributed by atoms with Gasteiger partial charge in [0.05, 0.1) is 0 Å². The van der Waals surface area contributed by atoms with Gasteiger partial charge in [0.1, 0.15) is 0 Å². The first-order valence-corrected chi connectivity index (χ1v) is 5.57. The summed E-state index contributed by atoms with van der Waals surface area (Å²) in [6.45, 7) is 10.5. The van der Waals surface area contributed by atoms with Crippen LogP contribution in [-0.2, 0) is 0 Å². The third kappa shape index (κ3) is 2.63. The van der Waals surface area contributed by atoms with Crippen molar-refractivity contribution in [2.24, 2.45) is 11.8 Å². The van der Waals surface area contributed by atoms with Gasteiger partial charge in [-0.2, -0.15) is 0 Å². The average molecular weight is 198 g/mol. The summed E-state index contributed by atoms with van der Waals surface area (Å²) < 4.78 is 0. The zero-order chi connectivity index (χ0) is 10.7. The molecule has 1 N–H and O–H groups in total. The van der Waals surface area contributed by atoms with Gasteiger partial charge in [-0.1, -0.05) is 27.7 Å². The molecule has 0 saturated carbocycles. The molecule has 0 radical (unpaired) electrons. The Bertz CT molecular complexity index is 189. The van der Waals surface area contributed by atoms with Crippen molar-refractivity contribution in [3.63, 3.8) is 0 Å². The van der Waals surface area contributed by atoms with Gasteiger partial charge in [-0.25, -0.2) is 4.79 Å². The van der Waals surface area contributed by atoms with Crippen LogP contribution in [0.1, 0.15) is 34.1 Å². The Morgan fingerprint density at radius 1 is 1.14 bits per heavy atom. The molecule has 0 bridgehead atoms. The normalized spacial score (nSPS) is 16.4. The molecule has 0 atom stereocenters. The van der Waals surface area contributed by atoms with Gasteiger partial charge in [0.2, 0.25) is 0 Å². The van der Waals surface area contributed by atoms with Crippen LogP contribution in [0, 0.1) is 11.8 Å². The minimum atomic E-state index is 0.114. The van der Waals surface area contributed by atoms with E-state index in [2.05, 4.69) is 33.0 Å². The van der Waals surface area contributed by atoms with Gasteiger partial charge in [-0.15, -0.1) is 0 Å². The Balaban J connectivity index is 2.41. The number of nitrogens with zero attached hydrogens (tertiary/aromatic N) is 1. The zero-order valence-electron chi connectivity index (χ0n) is 9.71. The highest BCUT2D eigenvalue weighted by atomic mass is 16.2. The third-order valence-electron chi connectivity index (χ3n) is 2.87. The number of nitrogens with one attached hydrogen (secondary N) is 1. The maximum Gasteiger partial charge on any atom is 0.317 e. The molecule has 3 heteroatoms. The number of hydrogen-bond donors (Lipinski definition) is 1. The Morgan fingerprint density at radius 2 is 1.64 bits per heavy atom. The van der Waals surface area contributed by atoms with Crippen LogP contribution in [0.5, 0.6) is 0 Å². The maximum atomic E-state index is 11.7. The van der Waals surface area contributed by atoms with Crippen molar-refractivity contribution in [1.29, 1.82) is 0 Å². The lowest BCUT2D eigenvalue weighted by Crippen LogP contribution is -2.53. The minimum Gasteiger partial charge on any atom is -0.335 e. The molecule has 1 heterocycles. The van der Waals surface area contributed by atoms with E-state index in [1.54, 1.807) is 0 Å². The van der Waals surface area contributed by atoms with Crippen LogP contribution in [0.4, 0.5) is 4.79 Å². The van der Waals surface area contributed by atoms with Crippen LogP contribution in [0.15, 0.2) is 0 Å². The van der Waals surface area contributed by atoms with Crippen molar-refractivity contribution in [2.75, 3.05) is 13.1 Å². The standard InChI is InChI=1S/C11H22N2O/c1-8(2)10(9(3)4)12-11(14)13-6-5-7-13/h8-10H,5-7H2,1-4H3,(H,12,14). The summed E-state index contributed by atoms with van der Waals surface area (Å²) in [5, 5.41) is 3.10. The Morgan fingerprint density at radius 3 is 1.93 bits per heavy atom. The number of carbonyl (C=O) groups is 1. The molecule has 2 amide bonds. The summed E-state index contributed by atoms with van der Waals surface area (Å²) >= 11 is 0. The van der Waals surface area contributed by atoms with Crippen LogP contribution in [0.25, 0.3) is 0 Å². The van der Waals surface area contributed by atoms with Crippen molar-refractivity contribution in [2.45, 2.75) is 40.2 Å². The molecular weight excluding hydrogens is 176 g/mol. The molecule has 1 aliphatic rings. The molecule has 0 spiro atoms. The van der Waals surface area contributed by atoms with E-state index in [0.717, 1.165) is 19.5 Å². The van der Waals surface area contributed by atoms with Gasteiger partial charge in [0, 0.05) is 19.1 Å². The molecule has 1 rings (SSSR count). The second-order valence-electron chi connectivity index (χ2n) is 4.80. The number of hydrogen-bond acceptors (Lipinski definition) is 1. The van der Waals surface area contributed by atoms with Crippen molar-refractivity contribution in [3.05, 3.63) is 0 Å². The molecule has 14 heavy (non-hydrogen) atoms. The van der Waals surface area contributed by atoms with Crippen LogP contribution < -0.4 is 5.32 Å². The first-order valence-electron chi connectivity index (χ1n) is 5.57. The lowest BCUT2D eigenvalue weighted by atomic mass is 9.93. The van der Waals surface area contributed by atoms with Crippen LogP contribution in [0.2, 0.25) is 0 Å². The molecule has 82 valence electrons. The molecule has 0 aromatic rings. The van der Waals surface area contributed by atoms with Gasteiger partial charge in [0.25, 0.3) is 0 Å². The number of urea groups is 1. The van der Waals surface area contributed by atoms with E-state index in [1.165, 1.54) is 0 Å². The van der Waals surface area contributed by atoms with Gasteiger partial charge in [0.15, 0.2) is 0 Å². The highest BCUT2D eigenvalue weighted by Crippen LogP contribution is 2.13.